The molecule has 2 aromatic carbocycles. The zero-order valence-electron chi connectivity index (χ0n) is 13.3. The molecule has 0 aliphatic heterocycles. The van der Waals surface area contributed by atoms with Crippen molar-refractivity contribution < 1.29 is 0 Å². The van der Waals surface area contributed by atoms with Gasteiger partial charge >= 0.3 is 0 Å². The quantitative estimate of drug-likeness (QED) is 0.473. The lowest BCUT2D eigenvalue weighted by atomic mass is 10.0. The number of hydrogen-bond acceptors (Lipinski definition) is 1. The first-order valence-electron chi connectivity index (χ1n) is 7.54. The van der Waals surface area contributed by atoms with Crippen LogP contribution in [-0.4, -0.2) is 4.57 Å². The molecule has 0 saturated heterocycles. The number of benzene rings is 2. The maximum atomic E-state index is 9.59. The highest BCUT2D eigenvalue weighted by Gasteiger charge is 2.13. The molecule has 0 aliphatic rings. The monoisotopic (exact) mass is 330 g/mol. The Labute approximate surface area is 146 Å². The number of terminal acetylenes is 1. The molecule has 3 heteroatoms. The number of para-hydroxylation sites is 1. The van der Waals surface area contributed by atoms with Crippen LogP contribution in [0.25, 0.3) is 22.6 Å². The Morgan fingerprint density at radius 1 is 1.21 bits per heavy atom. The summed E-state index contributed by atoms with van der Waals surface area (Å²) >= 11 is 5.94. The number of allylic oxidation sites excluding steroid dienone is 1. The van der Waals surface area contributed by atoms with Crippen molar-refractivity contribution in [1.82, 2.24) is 4.57 Å². The molecule has 24 heavy (non-hydrogen) atoms. The Balaban J connectivity index is 2.22. The lowest BCUT2D eigenvalue weighted by Gasteiger charge is -2.03. The summed E-state index contributed by atoms with van der Waals surface area (Å²) < 4.78 is 2.10. The van der Waals surface area contributed by atoms with Crippen LogP contribution in [0, 0.1) is 30.6 Å². The molecule has 0 N–H and O–H groups in total. The summed E-state index contributed by atoms with van der Waals surface area (Å²) in [6.07, 6.45) is 7.44. The van der Waals surface area contributed by atoms with Crippen LogP contribution in [0.3, 0.4) is 0 Å². The summed E-state index contributed by atoms with van der Waals surface area (Å²) in [6, 6.07) is 17.7. The molecule has 116 valence electrons. The van der Waals surface area contributed by atoms with E-state index in [0.717, 1.165) is 27.7 Å². The molecule has 0 spiro atoms. The minimum absolute atomic E-state index is 0.503. The van der Waals surface area contributed by atoms with Gasteiger partial charge in [-0.2, -0.15) is 5.26 Å². The third kappa shape index (κ3) is 2.81. The van der Waals surface area contributed by atoms with Crippen LogP contribution in [0.4, 0.5) is 0 Å². The molecule has 0 atom stereocenters. The molecule has 0 aliphatic carbocycles. The fourth-order valence-corrected chi connectivity index (χ4v) is 3.01. The molecule has 0 saturated carbocycles. The van der Waals surface area contributed by atoms with Crippen LogP contribution in [0.15, 0.2) is 48.5 Å². The second-order valence-corrected chi connectivity index (χ2v) is 5.92. The van der Waals surface area contributed by atoms with Gasteiger partial charge in [0.05, 0.1) is 18.2 Å². The predicted molar refractivity (Wildman–Crippen MR) is 100 cm³/mol. The largest absolute Gasteiger partial charge is 0.333 e. The second kappa shape index (κ2) is 6.67. The fraction of sp³-hybridized carbons (Fsp3) is 0.0952. The maximum Gasteiger partial charge on any atom is 0.0998 e. The van der Waals surface area contributed by atoms with Crippen LogP contribution in [0.1, 0.15) is 16.8 Å². The van der Waals surface area contributed by atoms with Crippen LogP contribution < -0.4 is 0 Å². The van der Waals surface area contributed by atoms with Gasteiger partial charge in [-0.15, -0.1) is 6.42 Å². The minimum Gasteiger partial charge on any atom is -0.333 e. The highest BCUT2D eigenvalue weighted by molar-refractivity contribution is 6.30. The molecule has 1 aromatic heterocycles. The lowest BCUT2D eigenvalue weighted by molar-refractivity contribution is 0.846. The van der Waals surface area contributed by atoms with Crippen molar-refractivity contribution in [2.24, 2.45) is 0 Å². The number of nitrogens with zero attached hydrogens (tertiary/aromatic N) is 2. The summed E-state index contributed by atoms with van der Waals surface area (Å²) in [5.74, 6) is 2.70. The Morgan fingerprint density at radius 2 is 1.92 bits per heavy atom. The summed E-state index contributed by atoms with van der Waals surface area (Å²) in [6.45, 7) is 2.53. The fourth-order valence-electron chi connectivity index (χ4n) is 2.89. The van der Waals surface area contributed by atoms with Gasteiger partial charge in [-0.3, -0.25) is 0 Å². The average Bonchev–Trinajstić information content (AvgIpc) is 2.86. The molecule has 0 fully saturated rings. The third-order valence-electron chi connectivity index (χ3n) is 4.09. The average molecular weight is 331 g/mol. The van der Waals surface area contributed by atoms with Crippen LogP contribution in [0.2, 0.25) is 5.02 Å². The highest BCUT2D eigenvalue weighted by Crippen LogP contribution is 2.30. The molecule has 1 heterocycles. The Hall–Kier alpha value is -2.94. The summed E-state index contributed by atoms with van der Waals surface area (Å²) in [4.78, 5) is 0. The Morgan fingerprint density at radius 3 is 2.58 bits per heavy atom. The number of nitriles is 1. The topological polar surface area (TPSA) is 28.7 Å². The maximum absolute atomic E-state index is 9.59. The van der Waals surface area contributed by atoms with E-state index in [1.54, 1.807) is 12.1 Å². The molecule has 0 bridgehead atoms. The van der Waals surface area contributed by atoms with Gasteiger partial charge in [-0.05, 0) is 36.8 Å². The van der Waals surface area contributed by atoms with E-state index in [0.29, 0.717) is 17.1 Å². The van der Waals surface area contributed by atoms with E-state index >= 15 is 0 Å². The smallest absolute Gasteiger partial charge is 0.0998 e. The number of rotatable bonds is 3. The predicted octanol–water partition coefficient (Wildman–Crippen LogP) is 5.30. The molecule has 0 amide bonds. The van der Waals surface area contributed by atoms with E-state index in [1.165, 1.54) is 0 Å². The molecular weight excluding hydrogens is 316 g/mol. The van der Waals surface area contributed by atoms with Crippen LogP contribution in [0.5, 0.6) is 0 Å². The first-order valence-corrected chi connectivity index (χ1v) is 7.92. The van der Waals surface area contributed by atoms with Crippen LogP contribution in [-0.2, 0) is 6.54 Å². The van der Waals surface area contributed by atoms with Gasteiger partial charge in [0, 0.05) is 27.2 Å². The van der Waals surface area contributed by atoms with E-state index in [2.05, 4.69) is 22.6 Å². The highest BCUT2D eigenvalue weighted by atomic mass is 35.5. The standard InChI is InChI=1S/C21H15ClN2/c1-3-12-24-15(2)20(19-6-4-5-7-21(19)24)13-17(14-23)16-8-10-18(22)11-9-16/h1,4-11,13H,12H2,2H3/b17-13+. The Bertz CT molecular complexity index is 1010. The summed E-state index contributed by atoms with van der Waals surface area (Å²) in [5, 5.41) is 11.3. The van der Waals surface area contributed by atoms with E-state index in [-0.39, 0.29) is 0 Å². The molecule has 3 aromatic rings. The SMILES string of the molecule is C#CCn1c(C)c(/C=C(\C#N)c2ccc(Cl)cc2)c2ccccc21. The summed E-state index contributed by atoms with van der Waals surface area (Å²) in [7, 11) is 0. The summed E-state index contributed by atoms with van der Waals surface area (Å²) in [5.41, 5.74) is 4.59. The normalized spacial score (nSPS) is 11.2. The van der Waals surface area contributed by atoms with E-state index in [1.807, 2.05) is 43.3 Å². The van der Waals surface area contributed by atoms with Crippen molar-refractivity contribution in [3.05, 3.63) is 70.4 Å². The minimum atomic E-state index is 0.503. The molecule has 2 nitrogen and oxygen atoms in total. The van der Waals surface area contributed by atoms with Crippen molar-refractivity contribution >= 4 is 34.2 Å². The first-order chi connectivity index (χ1) is 11.7. The number of halogens is 1. The zero-order chi connectivity index (χ0) is 17.1. The number of aromatic nitrogens is 1. The Kier molecular flexibility index (Phi) is 4.43. The van der Waals surface area contributed by atoms with E-state index in [4.69, 9.17) is 18.0 Å². The van der Waals surface area contributed by atoms with Gasteiger partial charge in [0.15, 0.2) is 0 Å². The van der Waals surface area contributed by atoms with Gasteiger partial charge in [0.25, 0.3) is 0 Å². The van der Waals surface area contributed by atoms with Gasteiger partial charge in [-0.1, -0.05) is 47.9 Å². The van der Waals surface area contributed by atoms with Gasteiger partial charge in [0.2, 0.25) is 0 Å². The number of hydrogen-bond donors (Lipinski definition) is 0. The molecule has 0 unspecified atom stereocenters. The van der Waals surface area contributed by atoms with Crippen molar-refractivity contribution in [2.45, 2.75) is 13.5 Å². The lowest BCUT2D eigenvalue weighted by Crippen LogP contribution is -1.97. The molecule has 0 radical (unpaired) electrons. The van der Waals surface area contributed by atoms with E-state index < -0.39 is 0 Å². The van der Waals surface area contributed by atoms with Gasteiger partial charge in [0.1, 0.15) is 0 Å². The zero-order valence-corrected chi connectivity index (χ0v) is 14.0. The van der Waals surface area contributed by atoms with Crippen molar-refractivity contribution in [1.29, 1.82) is 5.26 Å². The van der Waals surface area contributed by atoms with Gasteiger partial charge in [-0.25, -0.2) is 0 Å². The van der Waals surface area contributed by atoms with Crippen molar-refractivity contribution in [3.63, 3.8) is 0 Å². The van der Waals surface area contributed by atoms with E-state index in [9.17, 15) is 5.26 Å². The van der Waals surface area contributed by atoms with Gasteiger partial charge < -0.3 is 4.57 Å². The number of fused-ring (bicyclic) bond motifs is 1. The van der Waals surface area contributed by atoms with Crippen LogP contribution >= 0.6 is 11.6 Å². The molecule has 3 rings (SSSR count). The first kappa shape index (κ1) is 15.9. The third-order valence-corrected chi connectivity index (χ3v) is 4.35. The van der Waals surface area contributed by atoms with Crippen molar-refractivity contribution in [2.75, 3.05) is 0 Å². The second-order valence-electron chi connectivity index (χ2n) is 5.48. The molecular formula is C21H15ClN2. The van der Waals surface area contributed by atoms with Crippen molar-refractivity contribution in [3.8, 4) is 18.4 Å².